The summed E-state index contributed by atoms with van der Waals surface area (Å²) in [5.74, 6) is -1.66. The summed E-state index contributed by atoms with van der Waals surface area (Å²) in [5.41, 5.74) is -0.942. The zero-order chi connectivity index (χ0) is 28.0. The minimum absolute atomic E-state index is 0.0241. The summed E-state index contributed by atoms with van der Waals surface area (Å²) >= 11 is 0. The second-order valence-electron chi connectivity index (χ2n) is 8.69. The van der Waals surface area contributed by atoms with Gasteiger partial charge in [-0.3, -0.25) is 9.48 Å². The second-order valence-corrected chi connectivity index (χ2v) is 8.69. The Morgan fingerprint density at radius 3 is 2.45 bits per heavy atom. The van der Waals surface area contributed by atoms with Crippen LogP contribution >= 0.6 is 0 Å². The number of anilines is 1. The Hall–Kier alpha value is -3.82. The van der Waals surface area contributed by atoms with Gasteiger partial charge >= 0.3 is 12.3 Å². The Labute approximate surface area is 212 Å². The molecule has 0 bridgehead atoms. The molecule has 0 aliphatic carbocycles. The van der Waals surface area contributed by atoms with E-state index in [1.807, 2.05) is 0 Å². The van der Waals surface area contributed by atoms with E-state index < -0.39 is 48.4 Å². The lowest BCUT2D eigenvalue weighted by Gasteiger charge is -2.43. The van der Waals surface area contributed by atoms with Gasteiger partial charge in [0.1, 0.15) is 12.4 Å². The molecule has 1 aliphatic rings. The van der Waals surface area contributed by atoms with E-state index in [1.54, 1.807) is 6.92 Å². The number of amides is 1. The number of hydrogen-bond acceptors (Lipinski definition) is 8. The van der Waals surface area contributed by atoms with Crippen LogP contribution in [0, 0.1) is 19.7 Å². The maximum absolute atomic E-state index is 14.4. The topological polar surface area (TPSA) is 111 Å². The van der Waals surface area contributed by atoms with E-state index in [0.29, 0.717) is 11.9 Å². The van der Waals surface area contributed by atoms with Crippen LogP contribution < -0.4 is 5.32 Å². The van der Waals surface area contributed by atoms with Gasteiger partial charge in [-0.15, -0.1) is 0 Å². The summed E-state index contributed by atoms with van der Waals surface area (Å²) in [7, 11) is 1.53. The fourth-order valence-electron chi connectivity index (χ4n) is 4.05. The van der Waals surface area contributed by atoms with Crippen LogP contribution in [0.25, 0.3) is 11.4 Å². The van der Waals surface area contributed by atoms with Gasteiger partial charge in [-0.05, 0) is 20.8 Å². The number of nitrogens with one attached hydrogen (secondary N) is 1. The van der Waals surface area contributed by atoms with Crippen molar-refractivity contribution in [1.82, 2.24) is 34.6 Å². The Morgan fingerprint density at radius 1 is 1.18 bits per heavy atom. The largest absolute Gasteiger partial charge is 0.434 e. The molecule has 4 rings (SSSR count). The maximum Gasteiger partial charge on any atom is 0.434 e. The van der Waals surface area contributed by atoms with E-state index >= 15 is 0 Å². The third-order valence-electron chi connectivity index (χ3n) is 6.01. The van der Waals surface area contributed by atoms with Gasteiger partial charge in [0.05, 0.1) is 42.0 Å². The first-order valence-electron chi connectivity index (χ1n) is 11.2. The van der Waals surface area contributed by atoms with Crippen LogP contribution in [0.5, 0.6) is 0 Å². The summed E-state index contributed by atoms with van der Waals surface area (Å²) < 4.78 is 87.1. The first kappa shape index (κ1) is 27.2. The van der Waals surface area contributed by atoms with Gasteiger partial charge in [0.15, 0.2) is 23.0 Å². The van der Waals surface area contributed by atoms with Crippen molar-refractivity contribution in [2.45, 2.75) is 45.2 Å². The fraction of sp³-hybridized carbons (Fsp3) is 0.455. The van der Waals surface area contributed by atoms with Crippen molar-refractivity contribution < 1.29 is 35.9 Å². The molecule has 1 aliphatic heterocycles. The number of ether oxygens (including phenoxy) is 1. The van der Waals surface area contributed by atoms with Gasteiger partial charge < -0.3 is 15.0 Å². The highest BCUT2D eigenvalue weighted by Gasteiger charge is 2.48. The number of aryl methyl sites for hydroxylation is 2. The number of nitrogens with zero attached hydrogens (tertiary/aromatic N) is 7. The summed E-state index contributed by atoms with van der Waals surface area (Å²) in [6, 6.07) is -1.02. The second kappa shape index (κ2) is 9.81. The molecule has 4 heterocycles. The molecule has 204 valence electrons. The van der Waals surface area contributed by atoms with E-state index in [0.717, 1.165) is 17.3 Å². The van der Waals surface area contributed by atoms with E-state index in [2.05, 4.69) is 30.4 Å². The molecule has 1 amide bonds. The zero-order valence-electron chi connectivity index (χ0n) is 20.5. The third-order valence-corrected chi connectivity index (χ3v) is 6.01. The average Bonchev–Trinajstić information content (AvgIpc) is 3.12. The SMILES string of the molecule is Cc1nc(C(F)(F)F)cnc1NC[C@@H]1[C@H](C)OC(F)(F)CN1C(=O)c1nn(C)c(C)c1-c1ncc(F)cn1. The Morgan fingerprint density at radius 2 is 1.84 bits per heavy atom. The Balaban J connectivity index is 1.66. The van der Waals surface area contributed by atoms with Crippen LogP contribution in [-0.2, 0) is 18.0 Å². The number of rotatable bonds is 5. The normalized spacial score (nSPS) is 19.5. The van der Waals surface area contributed by atoms with E-state index in [-0.39, 0.29) is 35.1 Å². The first-order valence-corrected chi connectivity index (χ1v) is 11.2. The average molecular weight is 544 g/mol. The molecule has 0 radical (unpaired) electrons. The molecule has 3 aromatic heterocycles. The zero-order valence-corrected chi connectivity index (χ0v) is 20.5. The third kappa shape index (κ3) is 5.39. The lowest BCUT2D eigenvalue weighted by molar-refractivity contribution is -0.298. The number of halogens is 6. The molecule has 1 saturated heterocycles. The number of carbonyl (C=O) groups is 1. The monoisotopic (exact) mass is 544 g/mol. The molecule has 0 spiro atoms. The molecule has 3 aromatic rings. The van der Waals surface area contributed by atoms with Crippen molar-refractivity contribution in [2.75, 3.05) is 18.4 Å². The molecule has 0 saturated carbocycles. The lowest BCUT2D eigenvalue weighted by atomic mass is 10.1. The summed E-state index contributed by atoms with van der Waals surface area (Å²) in [5, 5.41) is 6.95. The molecule has 16 heteroatoms. The minimum atomic E-state index is -4.69. The molecule has 38 heavy (non-hydrogen) atoms. The minimum Gasteiger partial charge on any atom is -0.366 e. The Kier molecular flexibility index (Phi) is 7.03. The number of morpholine rings is 1. The van der Waals surface area contributed by atoms with Crippen LogP contribution in [0.15, 0.2) is 18.6 Å². The van der Waals surface area contributed by atoms with E-state index in [1.165, 1.54) is 25.6 Å². The summed E-state index contributed by atoms with van der Waals surface area (Å²) in [6.45, 7) is 2.90. The van der Waals surface area contributed by atoms with Gasteiger partial charge in [0.25, 0.3) is 5.91 Å². The molecular weight excluding hydrogens is 522 g/mol. The quantitative estimate of drug-likeness (QED) is 0.487. The molecule has 0 unspecified atom stereocenters. The predicted octanol–water partition coefficient (Wildman–Crippen LogP) is 3.38. The van der Waals surface area contributed by atoms with Crippen molar-refractivity contribution in [2.24, 2.45) is 7.05 Å². The highest BCUT2D eigenvalue weighted by Crippen LogP contribution is 2.33. The maximum atomic E-state index is 14.4. The van der Waals surface area contributed by atoms with E-state index in [4.69, 9.17) is 4.74 Å². The van der Waals surface area contributed by atoms with Gasteiger partial charge in [0.2, 0.25) is 0 Å². The summed E-state index contributed by atoms with van der Waals surface area (Å²) in [6.07, 6.45) is -7.25. The van der Waals surface area contributed by atoms with Crippen molar-refractivity contribution in [3.05, 3.63) is 47.2 Å². The van der Waals surface area contributed by atoms with Crippen molar-refractivity contribution in [3.8, 4) is 11.4 Å². The standard InChI is InChI=1S/C22H22F6N8O2/c1-10-18(32-8-15(33-10)22(26,27)28)31-7-14-12(3)38-21(24,25)9-36(14)20(37)17-16(11(2)35(4)34-17)19-29-5-13(23)6-30-19/h5-6,8,12,14H,7,9H2,1-4H3,(H,31,32)/t12-,14+/m0/s1. The highest BCUT2D eigenvalue weighted by molar-refractivity contribution is 5.99. The first-order chi connectivity index (χ1) is 17.7. The molecule has 2 atom stereocenters. The van der Waals surface area contributed by atoms with Crippen LogP contribution in [0.4, 0.5) is 32.2 Å². The van der Waals surface area contributed by atoms with Gasteiger partial charge in [-0.2, -0.15) is 27.1 Å². The molecule has 0 aromatic carbocycles. The van der Waals surface area contributed by atoms with Crippen molar-refractivity contribution >= 4 is 11.7 Å². The van der Waals surface area contributed by atoms with Crippen LogP contribution in [0.2, 0.25) is 0 Å². The smallest absolute Gasteiger partial charge is 0.366 e. The van der Waals surface area contributed by atoms with Crippen LogP contribution in [-0.4, -0.2) is 71.9 Å². The van der Waals surface area contributed by atoms with Gasteiger partial charge in [-0.1, -0.05) is 0 Å². The molecule has 1 fully saturated rings. The van der Waals surface area contributed by atoms with Crippen LogP contribution in [0.3, 0.4) is 0 Å². The fourth-order valence-corrected chi connectivity index (χ4v) is 4.05. The van der Waals surface area contributed by atoms with Crippen molar-refractivity contribution in [3.63, 3.8) is 0 Å². The van der Waals surface area contributed by atoms with Crippen molar-refractivity contribution in [1.29, 1.82) is 0 Å². The Bertz CT molecular complexity index is 1340. The number of aromatic nitrogens is 6. The number of hydrogen-bond donors (Lipinski definition) is 1. The summed E-state index contributed by atoms with van der Waals surface area (Å²) in [4.78, 5) is 29.5. The lowest BCUT2D eigenvalue weighted by Crippen LogP contribution is -2.61. The van der Waals surface area contributed by atoms with E-state index in [9.17, 15) is 31.1 Å². The number of carbonyl (C=O) groups excluding carboxylic acids is 1. The predicted molar refractivity (Wildman–Crippen MR) is 120 cm³/mol. The number of alkyl halides is 5. The highest BCUT2D eigenvalue weighted by atomic mass is 19.4. The van der Waals surface area contributed by atoms with Gasteiger partial charge in [-0.25, -0.2) is 24.3 Å². The van der Waals surface area contributed by atoms with Gasteiger partial charge in [0, 0.05) is 19.3 Å². The molecular formula is C22H22F6N8O2. The molecule has 1 N–H and O–H groups in total. The molecule has 10 nitrogen and oxygen atoms in total. The van der Waals surface area contributed by atoms with Crippen LogP contribution in [0.1, 0.15) is 34.5 Å².